The minimum atomic E-state index is -0.697. The van der Waals surface area contributed by atoms with E-state index in [0.717, 1.165) is 0 Å². The van der Waals surface area contributed by atoms with Crippen LogP contribution in [0.15, 0.2) is 24.3 Å². The largest absolute Gasteiger partial charge is 0.514 e. The molecule has 1 aromatic rings. The van der Waals surface area contributed by atoms with Gasteiger partial charge in [0.1, 0.15) is 11.4 Å². The third kappa shape index (κ3) is 3.94. The third-order valence-electron chi connectivity index (χ3n) is 1.27. The highest BCUT2D eigenvalue weighted by Gasteiger charge is 2.17. The van der Waals surface area contributed by atoms with E-state index >= 15 is 0 Å². The molecule has 0 bridgehead atoms. The van der Waals surface area contributed by atoms with E-state index in [2.05, 4.69) is 6.07 Å². The maximum absolute atomic E-state index is 11.2. The van der Waals surface area contributed by atoms with Gasteiger partial charge in [-0.1, -0.05) is 12.1 Å². The lowest BCUT2D eigenvalue weighted by atomic mass is 10.2. The van der Waals surface area contributed by atoms with E-state index in [1.807, 2.05) is 0 Å². The van der Waals surface area contributed by atoms with Gasteiger partial charge in [0.2, 0.25) is 0 Å². The monoisotopic (exact) mass is 193 g/mol. The van der Waals surface area contributed by atoms with E-state index < -0.39 is 11.8 Å². The van der Waals surface area contributed by atoms with Crippen LogP contribution in [0.2, 0.25) is 0 Å². The van der Waals surface area contributed by atoms with E-state index in [0.29, 0.717) is 5.75 Å². The second-order valence-electron chi connectivity index (χ2n) is 3.81. The molecule has 0 aliphatic rings. The minimum absolute atomic E-state index is 0.432. The lowest BCUT2D eigenvalue weighted by molar-refractivity contribution is 0.0206. The predicted molar refractivity (Wildman–Crippen MR) is 52.1 cm³/mol. The Labute approximate surface area is 83.6 Å². The van der Waals surface area contributed by atoms with E-state index in [9.17, 15) is 4.79 Å². The fourth-order valence-corrected chi connectivity index (χ4v) is 0.807. The first-order chi connectivity index (χ1) is 6.47. The average molecular weight is 193 g/mol. The number of carbonyl (C=O) groups excluding carboxylic acids is 1. The maximum Gasteiger partial charge on any atom is 0.514 e. The van der Waals surface area contributed by atoms with Gasteiger partial charge in [-0.3, -0.25) is 0 Å². The standard InChI is InChI=1S/C11H13O3/c1-11(2,3)14-10(12)13-9-7-5-4-6-8-9/h4-5,7-8H,1-3H3. The summed E-state index contributed by atoms with van der Waals surface area (Å²) in [6.07, 6.45) is -0.697. The van der Waals surface area contributed by atoms with Crippen LogP contribution in [-0.4, -0.2) is 11.8 Å². The molecule has 1 rings (SSSR count). The van der Waals surface area contributed by atoms with Crippen molar-refractivity contribution in [1.29, 1.82) is 0 Å². The number of benzene rings is 1. The lowest BCUT2D eigenvalue weighted by Crippen LogP contribution is -2.25. The van der Waals surface area contributed by atoms with Crippen LogP contribution in [0.1, 0.15) is 20.8 Å². The molecule has 0 amide bonds. The summed E-state index contributed by atoms with van der Waals surface area (Å²) in [7, 11) is 0. The first-order valence-electron chi connectivity index (χ1n) is 4.34. The smallest absolute Gasteiger partial charge is 0.428 e. The van der Waals surface area contributed by atoms with Gasteiger partial charge in [0.15, 0.2) is 0 Å². The first kappa shape index (κ1) is 10.6. The van der Waals surface area contributed by atoms with Crippen molar-refractivity contribution in [2.75, 3.05) is 0 Å². The van der Waals surface area contributed by atoms with Crippen LogP contribution in [0.5, 0.6) is 5.75 Å². The SMILES string of the molecule is CC(C)(C)OC(=O)Oc1c[c]ccc1. The van der Waals surface area contributed by atoms with Gasteiger partial charge in [-0.2, -0.15) is 0 Å². The third-order valence-corrected chi connectivity index (χ3v) is 1.27. The second-order valence-corrected chi connectivity index (χ2v) is 3.81. The predicted octanol–water partition coefficient (Wildman–Crippen LogP) is 2.80. The molecular weight excluding hydrogens is 180 g/mol. The number of hydrogen-bond donors (Lipinski definition) is 0. The van der Waals surface area contributed by atoms with Crippen LogP contribution < -0.4 is 4.74 Å². The van der Waals surface area contributed by atoms with Gasteiger partial charge in [-0.05, 0) is 39.0 Å². The van der Waals surface area contributed by atoms with Gasteiger partial charge < -0.3 is 9.47 Å². The zero-order chi connectivity index (χ0) is 10.6. The van der Waals surface area contributed by atoms with Crippen molar-refractivity contribution in [2.24, 2.45) is 0 Å². The van der Waals surface area contributed by atoms with Crippen LogP contribution in [0.3, 0.4) is 0 Å². The summed E-state index contributed by atoms with van der Waals surface area (Å²) in [6.45, 7) is 5.35. The lowest BCUT2D eigenvalue weighted by Gasteiger charge is -2.18. The maximum atomic E-state index is 11.2. The van der Waals surface area contributed by atoms with Crippen molar-refractivity contribution in [2.45, 2.75) is 26.4 Å². The highest BCUT2D eigenvalue weighted by Crippen LogP contribution is 2.12. The van der Waals surface area contributed by atoms with Crippen LogP contribution >= 0.6 is 0 Å². The Bertz CT molecular complexity index is 298. The Morgan fingerprint density at radius 2 is 2.14 bits per heavy atom. The molecule has 0 aliphatic heterocycles. The number of ether oxygens (including phenoxy) is 2. The van der Waals surface area contributed by atoms with Gasteiger partial charge in [0.25, 0.3) is 0 Å². The Kier molecular flexibility index (Phi) is 3.12. The molecule has 0 aliphatic carbocycles. The van der Waals surface area contributed by atoms with Crippen molar-refractivity contribution in [3.8, 4) is 5.75 Å². The van der Waals surface area contributed by atoms with Gasteiger partial charge in [0, 0.05) is 0 Å². The van der Waals surface area contributed by atoms with Gasteiger partial charge >= 0.3 is 6.16 Å². The Hall–Kier alpha value is -1.51. The molecule has 0 heterocycles. The molecular formula is C11H13O3. The summed E-state index contributed by atoms with van der Waals surface area (Å²) < 4.78 is 9.86. The molecule has 75 valence electrons. The Morgan fingerprint density at radius 3 is 2.64 bits per heavy atom. The Balaban J connectivity index is 2.50. The molecule has 0 unspecified atom stereocenters. The van der Waals surface area contributed by atoms with Gasteiger partial charge in [-0.15, -0.1) is 0 Å². The zero-order valence-electron chi connectivity index (χ0n) is 8.53. The molecule has 0 spiro atoms. The van der Waals surface area contributed by atoms with Gasteiger partial charge in [-0.25, -0.2) is 4.79 Å². The molecule has 0 aromatic heterocycles. The number of rotatable bonds is 1. The summed E-state index contributed by atoms with van der Waals surface area (Å²) in [5, 5.41) is 0. The molecule has 1 aromatic carbocycles. The molecule has 3 nitrogen and oxygen atoms in total. The van der Waals surface area contributed by atoms with Crippen LogP contribution in [0, 0.1) is 6.07 Å². The van der Waals surface area contributed by atoms with E-state index in [4.69, 9.17) is 9.47 Å². The summed E-state index contributed by atoms with van der Waals surface area (Å²) in [6, 6.07) is 9.50. The summed E-state index contributed by atoms with van der Waals surface area (Å²) in [4.78, 5) is 11.2. The average Bonchev–Trinajstić information content (AvgIpc) is 2.02. The van der Waals surface area contributed by atoms with Crippen LogP contribution in [0.25, 0.3) is 0 Å². The highest BCUT2D eigenvalue weighted by atomic mass is 16.7. The molecule has 3 heteroatoms. The summed E-state index contributed by atoms with van der Waals surface area (Å²) in [5.74, 6) is 0.432. The number of hydrogen-bond acceptors (Lipinski definition) is 3. The summed E-state index contributed by atoms with van der Waals surface area (Å²) in [5.41, 5.74) is -0.532. The second kappa shape index (κ2) is 4.13. The van der Waals surface area contributed by atoms with E-state index in [-0.39, 0.29) is 0 Å². The van der Waals surface area contributed by atoms with E-state index in [1.54, 1.807) is 45.0 Å². The topological polar surface area (TPSA) is 35.5 Å². The summed E-state index contributed by atoms with van der Waals surface area (Å²) >= 11 is 0. The quantitative estimate of drug-likeness (QED) is 0.508. The first-order valence-corrected chi connectivity index (χ1v) is 4.34. The molecule has 0 saturated carbocycles. The fraction of sp³-hybridized carbons (Fsp3) is 0.364. The fourth-order valence-electron chi connectivity index (χ4n) is 0.807. The van der Waals surface area contributed by atoms with Crippen molar-refractivity contribution in [1.82, 2.24) is 0 Å². The molecule has 1 radical (unpaired) electrons. The number of carbonyl (C=O) groups is 1. The Morgan fingerprint density at radius 1 is 1.43 bits per heavy atom. The van der Waals surface area contributed by atoms with Crippen molar-refractivity contribution >= 4 is 6.16 Å². The minimum Gasteiger partial charge on any atom is -0.428 e. The molecule has 0 fully saturated rings. The highest BCUT2D eigenvalue weighted by molar-refractivity contribution is 5.64. The molecule has 0 saturated heterocycles. The zero-order valence-corrected chi connectivity index (χ0v) is 8.53. The van der Waals surface area contributed by atoms with Crippen LogP contribution in [-0.2, 0) is 4.74 Å². The molecule has 0 N–H and O–H groups in total. The van der Waals surface area contributed by atoms with Gasteiger partial charge in [0.05, 0.1) is 0 Å². The van der Waals surface area contributed by atoms with Crippen molar-refractivity contribution in [3.63, 3.8) is 0 Å². The molecule has 14 heavy (non-hydrogen) atoms. The normalized spacial score (nSPS) is 10.8. The van der Waals surface area contributed by atoms with E-state index in [1.165, 1.54) is 0 Å². The van der Waals surface area contributed by atoms with Crippen molar-refractivity contribution < 1.29 is 14.3 Å². The van der Waals surface area contributed by atoms with Crippen molar-refractivity contribution in [3.05, 3.63) is 30.3 Å². The van der Waals surface area contributed by atoms with Crippen LogP contribution in [0.4, 0.5) is 4.79 Å². The molecule has 0 atom stereocenters.